The van der Waals surface area contributed by atoms with Gasteiger partial charge in [-0.3, -0.25) is 0 Å². The Morgan fingerprint density at radius 3 is 1.92 bits per heavy atom. The fourth-order valence-corrected chi connectivity index (χ4v) is 4.22. The maximum absolute atomic E-state index is 8.72. The van der Waals surface area contributed by atoms with E-state index in [2.05, 4.69) is 33.5 Å². The molecule has 13 heavy (non-hydrogen) atoms. The Morgan fingerprint density at radius 2 is 1.62 bits per heavy atom. The van der Waals surface area contributed by atoms with E-state index in [1.807, 2.05) is 0 Å². The highest BCUT2D eigenvalue weighted by molar-refractivity contribution is 6.83. The molecule has 0 unspecified atom stereocenters. The Morgan fingerprint density at radius 1 is 1.08 bits per heavy atom. The number of aliphatic hydroxyl groups is 1. The normalized spacial score (nSPS) is 11.5. The molecule has 0 aliphatic rings. The second-order valence-corrected chi connectivity index (χ2v) is 10.0. The van der Waals surface area contributed by atoms with Crippen LogP contribution in [0, 0.1) is 0 Å². The number of unbranched alkanes of at least 4 members (excludes halogenated alkanes) is 1. The second-order valence-electron chi connectivity index (χ2n) is 4.91. The van der Waals surface area contributed by atoms with Crippen LogP contribution in [-0.2, 0) is 0 Å². The topological polar surface area (TPSA) is 20.2 Å². The van der Waals surface area contributed by atoms with Gasteiger partial charge in [-0.25, -0.2) is 0 Å². The van der Waals surface area contributed by atoms with Crippen LogP contribution in [0.15, 0.2) is 10.8 Å². The quantitative estimate of drug-likeness (QED) is 0.533. The summed E-state index contributed by atoms with van der Waals surface area (Å²) in [6.07, 6.45) is 3.28. The minimum Gasteiger partial charge on any atom is -0.396 e. The van der Waals surface area contributed by atoms with E-state index in [1.165, 1.54) is 12.0 Å². The molecule has 1 N–H and O–H groups in total. The highest BCUT2D eigenvalue weighted by atomic mass is 28.3. The van der Waals surface area contributed by atoms with Gasteiger partial charge in [-0.05, 0) is 33.1 Å². The Bertz CT molecular complexity index is 173. The average Bonchev–Trinajstić information content (AvgIpc) is 1.94. The zero-order valence-electron chi connectivity index (χ0n) is 9.78. The van der Waals surface area contributed by atoms with Gasteiger partial charge in [0.25, 0.3) is 0 Å². The monoisotopic (exact) mass is 200 g/mol. The fraction of sp³-hybridized carbons (Fsp3) is 0.818. The van der Waals surface area contributed by atoms with Crippen molar-refractivity contribution in [3.05, 3.63) is 10.8 Å². The van der Waals surface area contributed by atoms with Gasteiger partial charge in [0.05, 0.1) is 8.07 Å². The van der Waals surface area contributed by atoms with Crippen molar-refractivity contribution < 1.29 is 5.11 Å². The summed E-state index contributed by atoms with van der Waals surface area (Å²) in [5.74, 6) is 0. The van der Waals surface area contributed by atoms with E-state index >= 15 is 0 Å². The van der Waals surface area contributed by atoms with Gasteiger partial charge in [0.1, 0.15) is 0 Å². The molecule has 0 amide bonds. The van der Waals surface area contributed by atoms with Crippen LogP contribution in [0.25, 0.3) is 0 Å². The Kier molecular flexibility index (Phi) is 5.57. The molecule has 0 fully saturated rings. The molecule has 0 aromatic heterocycles. The average molecular weight is 200 g/mol. The first-order valence-corrected chi connectivity index (χ1v) is 8.67. The third-order valence-corrected chi connectivity index (χ3v) is 4.90. The summed E-state index contributed by atoms with van der Waals surface area (Å²) < 4.78 is 0. The summed E-state index contributed by atoms with van der Waals surface area (Å²) in [7, 11) is -1.10. The third kappa shape index (κ3) is 5.27. The Balaban J connectivity index is 4.23. The lowest BCUT2D eigenvalue weighted by atomic mass is 10.2. The van der Waals surface area contributed by atoms with Crippen LogP contribution in [0.1, 0.15) is 33.1 Å². The molecule has 1 nitrogen and oxygen atoms in total. The first-order chi connectivity index (χ1) is 5.89. The lowest BCUT2D eigenvalue weighted by Crippen LogP contribution is -2.25. The van der Waals surface area contributed by atoms with Crippen molar-refractivity contribution in [2.24, 2.45) is 0 Å². The fourth-order valence-electron chi connectivity index (χ4n) is 1.79. The molecule has 0 radical (unpaired) electrons. The smallest absolute Gasteiger partial charge is 0.0723 e. The molecule has 78 valence electrons. The van der Waals surface area contributed by atoms with Gasteiger partial charge in [0.15, 0.2) is 0 Å². The molecular weight excluding hydrogens is 176 g/mol. The van der Waals surface area contributed by atoms with Crippen molar-refractivity contribution in [1.82, 2.24) is 0 Å². The summed E-state index contributed by atoms with van der Waals surface area (Å²) in [4.78, 5) is 0. The van der Waals surface area contributed by atoms with Gasteiger partial charge >= 0.3 is 0 Å². The van der Waals surface area contributed by atoms with Crippen molar-refractivity contribution >= 4 is 8.07 Å². The molecule has 0 saturated carbocycles. The highest BCUT2D eigenvalue weighted by Crippen LogP contribution is 2.23. The molecule has 2 heteroatoms. The lowest BCUT2D eigenvalue weighted by molar-refractivity contribution is 0.285. The van der Waals surface area contributed by atoms with Crippen LogP contribution in [0.2, 0.25) is 19.6 Å². The largest absolute Gasteiger partial charge is 0.396 e. The van der Waals surface area contributed by atoms with Crippen molar-refractivity contribution in [2.75, 3.05) is 6.61 Å². The van der Waals surface area contributed by atoms with Crippen molar-refractivity contribution in [3.8, 4) is 0 Å². The van der Waals surface area contributed by atoms with Gasteiger partial charge in [0.2, 0.25) is 0 Å². The molecule has 0 heterocycles. The number of rotatable bonds is 5. The van der Waals surface area contributed by atoms with E-state index in [0.29, 0.717) is 6.61 Å². The van der Waals surface area contributed by atoms with Gasteiger partial charge in [0, 0.05) is 6.61 Å². The summed E-state index contributed by atoms with van der Waals surface area (Å²) in [5, 5.41) is 10.4. The summed E-state index contributed by atoms with van der Waals surface area (Å²) in [5.41, 5.74) is 1.50. The lowest BCUT2D eigenvalue weighted by Gasteiger charge is -2.23. The molecule has 0 aromatic rings. The van der Waals surface area contributed by atoms with Gasteiger partial charge in [-0.15, -0.1) is 0 Å². The molecular formula is C11H24OSi. The second kappa shape index (κ2) is 5.61. The van der Waals surface area contributed by atoms with E-state index in [9.17, 15) is 0 Å². The molecule has 0 rings (SSSR count). The van der Waals surface area contributed by atoms with Crippen LogP contribution in [0.5, 0.6) is 0 Å². The van der Waals surface area contributed by atoms with Crippen molar-refractivity contribution in [3.63, 3.8) is 0 Å². The van der Waals surface area contributed by atoms with Crippen molar-refractivity contribution in [2.45, 2.75) is 52.8 Å². The maximum atomic E-state index is 8.72. The van der Waals surface area contributed by atoms with E-state index < -0.39 is 8.07 Å². The number of hydrogen-bond acceptors (Lipinski definition) is 1. The minimum absolute atomic E-state index is 0.335. The number of hydrogen-bond donors (Lipinski definition) is 1. The molecule has 0 bridgehead atoms. The molecule has 0 saturated heterocycles. The first kappa shape index (κ1) is 12.9. The van der Waals surface area contributed by atoms with Crippen LogP contribution in [0.3, 0.4) is 0 Å². The van der Waals surface area contributed by atoms with Gasteiger partial charge in [-0.2, -0.15) is 0 Å². The van der Waals surface area contributed by atoms with Crippen LogP contribution in [-0.4, -0.2) is 19.8 Å². The predicted molar refractivity (Wildman–Crippen MR) is 62.7 cm³/mol. The molecule has 0 atom stereocenters. The summed E-state index contributed by atoms with van der Waals surface area (Å²) in [6, 6.07) is 0. The predicted octanol–water partition coefficient (Wildman–Crippen LogP) is 3.36. The Labute approximate surface area is 83.9 Å². The van der Waals surface area contributed by atoms with E-state index in [0.717, 1.165) is 12.8 Å². The zero-order valence-corrected chi connectivity index (χ0v) is 10.8. The standard InChI is InChI=1S/C11H24OSi/c1-10(2)11(13(3,4)5)8-6-7-9-12/h12H,6-9H2,1-5H3. The van der Waals surface area contributed by atoms with Crippen LogP contribution in [0.4, 0.5) is 0 Å². The Hall–Kier alpha value is -0.0831. The molecule has 0 aliphatic heterocycles. The molecule has 0 aromatic carbocycles. The van der Waals surface area contributed by atoms with E-state index in [-0.39, 0.29) is 0 Å². The maximum Gasteiger partial charge on any atom is 0.0723 e. The molecule has 0 spiro atoms. The van der Waals surface area contributed by atoms with E-state index in [1.54, 1.807) is 5.20 Å². The van der Waals surface area contributed by atoms with E-state index in [4.69, 9.17) is 5.11 Å². The number of allylic oxidation sites excluding steroid dienone is 2. The summed E-state index contributed by atoms with van der Waals surface area (Å²) in [6.45, 7) is 12.0. The number of aliphatic hydroxyl groups excluding tert-OH is 1. The highest BCUT2D eigenvalue weighted by Gasteiger charge is 2.19. The summed E-state index contributed by atoms with van der Waals surface area (Å²) >= 11 is 0. The molecule has 0 aliphatic carbocycles. The van der Waals surface area contributed by atoms with Gasteiger partial charge in [-0.1, -0.05) is 30.4 Å². The van der Waals surface area contributed by atoms with Crippen LogP contribution >= 0.6 is 0 Å². The minimum atomic E-state index is -1.10. The van der Waals surface area contributed by atoms with Crippen LogP contribution < -0.4 is 0 Å². The third-order valence-electron chi connectivity index (χ3n) is 2.34. The van der Waals surface area contributed by atoms with Gasteiger partial charge < -0.3 is 5.11 Å². The SMILES string of the molecule is CC(C)=C(CCCCO)[Si](C)(C)C. The first-order valence-electron chi connectivity index (χ1n) is 5.17. The van der Waals surface area contributed by atoms with Crippen molar-refractivity contribution in [1.29, 1.82) is 0 Å². The zero-order chi connectivity index (χ0) is 10.5.